The molecule has 0 bridgehead atoms. The second-order valence-electron chi connectivity index (χ2n) is 7.82. The van der Waals surface area contributed by atoms with Crippen LogP contribution in [0.4, 0.5) is 18.9 Å². The quantitative estimate of drug-likeness (QED) is 0.401. The van der Waals surface area contributed by atoms with Gasteiger partial charge in [-0.15, -0.1) is 10.2 Å². The Labute approximate surface area is 186 Å². The molecule has 0 saturated carbocycles. The highest BCUT2D eigenvalue weighted by Crippen LogP contribution is 2.33. The molecule has 3 aromatic rings. The van der Waals surface area contributed by atoms with Crippen molar-refractivity contribution < 1.29 is 27.3 Å². The Morgan fingerprint density at radius 3 is 2.58 bits per heavy atom. The Kier molecular flexibility index (Phi) is 5.88. The lowest BCUT2D eigenvalue weighted by atomic mass is 9.96. The van der Waals surface area contributed by atoms with Gasteiger partial charge in [0.25, 0.3) is 11.6 Å². The van der Waals surface area contributed by atoms with Crippen LogP contribution in [-0.4, -0.2) is 39.0 Å². The zero-order valence-electron chi connectivity index (χ0n) is 17.5. The molecular weight excluding hydrogens is 441 g/mol. The number of carbonyl (C=O) groups excluding carboxylic acids is 1. The van der Waals surface area contributed by atoms with Gasteiger partial charge in [-0.2, -0.15) is 13.2 Å². The number of amides is 1. The molecule has 8 nitrogen and oxygen atoms in total. The van der Waals surface area contributed by atoms with Crippen molar-refractivity contribution in [3.63, 3.8) is 0 Å². The van der Waals surface area contributed by atoms with E-state index >= 15 is 0 Å². The van der Waals surface area contributed by atoms with E-state index in [2.05, 4.69) is 10.2 Å². The molecule has 0 N–H and O–H groups in total. The van der Waals surface area contributed by atoms with Gasteiger partial charge in [0.05, 0.1) is 16.4 Å². The summed E-state index contributed by atoms with van der Waals surface area (Å²) in [5.74, 6) is -0.185. The summed E-state index contributed by atoms with van der Waals surface area (Å²) in [6.45, 7) is 2.31. The monoisotopic (exact) mass is 460 g/mol. The molecule has 1 saturated heterocycles. The number of piperidine rings is 1. The molecule has 0 radical (unpaired) electrons. The summed E-state index contributed by atoms with van der Waals surface area (Å²) < 4.78 is 44.0. The van der Waals surface area contributed by atoms with Crippen LogP contribution in [0.2, 0.25) is 0 Å². The first-order valence-electron chi connectivity index (χ1n) is 10.2. The topological polar surface area (TPSA) is 102 Å². The molecule has 172 valence electrons. The average molecular weight is 460 g/mol. The lowest BCUT2D eigenvalue weighted by Gasteiger charge is -2.31. The first kappa shape index (κ1) is 22.4. The van der Waals surface area contributed by atoms with Crippen molar-refractivity contribution in [3.8, 4) is 11.5 Å². The van der Waals surface area contributed by atoms with Crippen molar-refractivity contribution in [3.05, 3.63) is 75.2 Å². The van der Waals surface area contributed by atoms with Crippen LogP contribution in [0, 0.1) is 17.0 Å². The molecule has 1 amide bonds. The van der Waals surface area contributed by atoms with Gasteiger partial charge in [-0.05, 0) is 50.1 Å². The number of hydrogen-bond acceptors (Lipinski definition) is 6. The summed E-state index contributed by atoms with van der Waals surface area (Å²) >= 11 is 0. The first-order chi connectivity index (χ1) is 15.6. The van der Waals surface area contributed by atoms with E-state index in [-0.39, 0.29) is 41.4 Å². The van der Waals surface area contributed by atoms with E-state index in [0.717, 1.165) is 12.1 Å². The number of nitro benzene ring substituents is 1. The van der Waals surface area contributed by atoms with E-state index < -0.39 is 16.7 Å². The van der Waals surface area contributed by atoms with Crippen LogP contribution >= 0.6 is 0 Å². The zero-order valence-corrected chi connectivity index (χ0v) is 17.5. The minimum Gasteiger partial charge on any atom is -0.420 e. The minimum absolute atomic E-state index is 0.0942. The van der Waals surface area contributed by atoms with E-state index in [1.165, 1.54) is 24.3 Å². The van der Waals surface area contributed by atoms with Gasteiger partial charge < -0.3 is 9.32 Å². The maximum absolute atomic E-state index is 13.1. The normalized spacial score (nSPS) is 16.6. The average Bonchev–Trinajstić information content (AvgIpc) is 3.29. The Morgan fingerprint density at radius 1 is 1.18 bits per heavy atom. The number of alkyl halides is 3. The summed E-state index contributed by atoms with van der Waals surface area (Å²) in [7, 11) is 0. The largest absolute Gasteiger partial charge is 0.420 e. The van der Waals surface area contributed by atoms with Gasteiger partial charge in [0.1, 0.15) is 0 Å². The maximum atomic E-state index is 13.1. The second kappa shape index (κ2) is 8.64. The van der Waals surface area contributed by atoms with Crippen LogP contribution in [-0.2, 0) is 6.18 Å². The van der Waals surface area contributed by atoms with Gasteiger partial charge in [0.15, 0.2) is 0 Å². The van der Waals surface area contributed by atoms with Gasteiger partial charge in [-0.1, -0.05) is 6.07 Å². The Hall–Kier alpha value is -3.76. The molecule has 1 aliphatic rings. The van der Waals surface area contributed by atoms with Gasteiger partial charge in [0.2, 0.25) is 11.8 Å². The van der Waals surface area contributed by atoms with Crippen LogP contribution in [0.25, 0.3) is 11.5 Å². The Bertz CT molecular complexity index is 1190. The van der Waals surface area contributed by atoms with Gasteiger partial charge in [-0.25, -0.2) is 0 Å². The van der Waals surface area contributed by atoms with E-state index in [1.807, 2.05) is 0 Å². The minimum atomic E-state index is -4.44. The maximum Gasteiger partial charge on any atom is 0.416 e. The molecule has 0 aliphatic carbocycles. The summed E-state index contributed by atoms with van der Waals surface area (Å²) in [6.07, 6.45) is -3.08. The SMILES string of the molecule is Cc1c(C(=O)N2CCCC(c3nnc(-c4ccc(C(F)(F)F)cc4)o3)C2)cccc1[N+](=O)[O-]. The van der Waals surface area contributed by atoms with E-state index in [9.17, 15) is 28.1 Å². The molecule has 2 aromatic carbocycles. The number of halogens is 3. The smallest absolute Gasteiger partial charge is 0.416 e. The number of likely N-dealkylation sites (tertiary alicyclic amines) is 1. The molecule has 1 aliphatic heterocycles. The van der Waals surface area contributed by atoms with Gasteiger partial charge in [-0.3, -0.25) is 14.9 Å². The van der Waals surface area contributed by atoms with Crippen molar-refractivity contribution in [1.82, 2.24) is 15.1 Å². The molecular formula is C22H19F3N4O4. The number of nitro groups is 1. The molecule has 1 unspecified atom stereocenters. The van der Waals surface area contributed by atoms with Crippen LogP contribution in [0.15, 0.2) is 46.9 Å². The number of carbonyl (C=O) groups is 1. The fraction of sp³-hybridized carbons (Fsp3) is 0.318. The molecule has 1 aromatic heterocycles. The second-order valence-corrected chi connectivity index (χ2v) is 7.82. The Morgan fingerprint density at radius 2 is 1.91 bits per heavy atom. The summed E-state index contributed by atoms with van der Waals surface area (Å²) in [5, 5.41) is 19.2. The Balaban J connectivity index is 1.51. The predicted octanol–water partition coefficient (Wildman–Crippen LogP) is 4.99. The predicted molar refractivity (Wildman–Crippen MR) is 110 cm³/mol. The number of benzene rings is 2. The highest BCUT2D eigenvalue weighted by atomic mass is 19.4. The molecule has 33 heavy (non-hydrogen) atoms. The van der Waals surface area contributed by atoms with E-state index in [1.54, 1.807) is 17.9 Å². The zero-order chi connectivity index (χ0) is 23.8. The van der Waals surface area contributed by atoms with Crippen molar-refractivity contribution in [1.29, 1.82) is 0 Å². The standard InChI is InChI=1S/C22H19F3N4O4/c1-13-17(5-2-6-18(13)29(31)32)21(30)28-11-3-4-15(12-28)20-27-26-19(33-20)14-7-9-16(10-8-14)22(23,24)25/h2,5-10,15H,3-4,11-12H2,1H3. The third-order valence-corrected chi connectivity index (χ3v) is 5.69. The van der Waals surface area contributed by atoms with Crippen LogP contribution < -0.4 is 0 Å². The van der Waals surface area contributed by atoms with E-state index in [4.69, 9.17) is 4.42 Å². The highest BCUT2D eigenvalue weighted by molar-refractivity contribution is 5.96. The fourth-order valence-corrected chi connectivity index (χ4v) is 3.90. The highest BCUT2D eigenvalue weighted by Gasteiger charge is 2.32. The van der Waals surface area contributed by atoms with Crippen molar-refractivity contribution in [2.45, 2.75) is 31.9 Å². The number of hydrogen-bond donors (Lipinski definition) is 0. The van der Waals surface area contributed by atoms with Gasteiger partial charge >= 0.3 is 6.18 Å². The molecule has 1 atom stereocenters. The molecule has 2 heterocycles. The van der Waals surface area contributed by atoms with Crippen molar-refractivity contribution >= 4 is 11.6 Å². The van der Waals surface area contributed by atoms with E-state index in [0.29, 0.717) is 30.5 Å². The third kappa shape index (κ3) is 4.57. The van der Waals surface area contributed by atoms with Crippen molar-refractivity contribution in [2.75, 3.05) is 13.1 Å². The summed E-state index contributed by atoms with van der Waals surface area (Å²) in [5.41, 5.74) is 0.0342. The van der Waals surface area contributed by atoms with Gasteiger partial charge in [0, 0.05) is 35.8 Å². The number of nitrogens with zero attached hydrogens (tertiary/aromatic N) is 4. The van der Waals surface area contributed by atoms with Crippen molar-refractivity contribution in [2.24, 2.45) is 0 Å². The van der Waals surface area contributed by atoms with Crippen LogP contribution in [0.3, 0.4) is 0 Å². The summed E-state index contributed by atoms with van der Waals surface area (Å²) in [6, 6.07) is 8.82. The molecule has 0 spiro atoms. The number of aromatic nitrogens is 2. The first-order valence-corrected chi connectivity index (χ1v) is 10.2. The molecule has 11 heteroatoms. The lowest BCUT2D eigenvalue weighted by Crippen LogP contribution is -2.39. The fourth-order valence-electron chi connectivity index (χ4n) is 3.90. The van der Waals surface area contributed by atoms with Crippen LogP contribution in [0.5, 0.6) is 0 Å². The molecule has 4 rings (SSSR count). The third-order valence-electron chi connectivity index (χ3n) is 5.69. The number of rotatable bonds is 4. The molecule has 1 fully saturated rings. The summed E-state index contributed by atoms with van der Waals surface area (Å²) in [4.78, 5) is 25.3. The van der Waals surface area contributed by atoms with Crippen LogP contribution in [0.1, 0.15) is 46.1 Å². The lowest BCUT2D eigenvalue weighted by molar-refractivity contribution is -0.385.